The molecular weight excluding hydrogens is 230 g/mol. The zero-order chi connectivity index (χ0) is 12.1. The van der Waals surface area contributed by atoms with Crippen molar-refractivity contribution in [1.82, 2.24) is 5.32 Å². The monoisotopic (exact) mass is 239 g/mol. The number of hydrogen-bond donors (Lipinski definition) is 2. The Labute approximate surface area is 96.8 Å². The minimum absolute atomic E-state index is 0.00371. The van der Waals surface area contributed by atoms with Crippen LogP contribution in [-0.4, -0.2) is 15.9 Å². The maximum atomic E-state index is 10.7. The first-order valence-electron chi connectivity index (χ1n) is 4.32. The van der Waals surface area contributed by atoms with Crippen LogP contribution in [0.5, 0.6) is 0 Å². The molecule has 0 aliphatic rings. The van der Waals surface area contributed by atoms with Crippen LogP contribution in [0.4, 0.5) is 11.4 Å². The Kier molecular flexibility index (Phi) is 3.90. The number of carbonyl (C=O) groups is 1. The maximum Gasteiger partial charge on any atom is 0.269 e. The van der Waals surface area contributed by atoms with Crippen LogP contribution in [-0.2, 0) is 4.79 Å². The highest BCUT2D eigenvalue weighted by Gasteiger charge is 2.04. The normalized spacial score (nSPS) is 9.31. The van der Waals surface area contributed by atoms with Crippen molar-refractivity contribution < 1.29 is 9.72 Å². The molecule has 1 aromatic carbocycles. The molecule has 1 aromatic rings. The molecule has 1 amide bonds. The standard InChI is InChI=1S/C9H9N3O3S/c1-6(13)10-9(16)11-7-2-4-8(5-3-7)12(14)15/h2-5H,1H3,(H2,10,11,13,16). The van der Waals surface area contributed by atoms with Crippen LogP contribution in [0.25, 0.3) is 0 Å². The van der Waals surface area contributed by atoms with Gasteiger partial charge < -0.3 is 10.6 Å². The summed E-state index contributed by atoms with van der Waals surface area (Å²) in [6, 6.07) is 5.70. The molecule has 0 aliphatic carbocycles. The molecule has 7 heteroatoms. The molecular formula is C9H9N3O3S. The van der Waals surface area contributed by atoms with Gasteiger partial charge in [0.2, 0.25) is 5.91 Å². The molecule has 0 saturated heterocycles. The van der Waals surface area contributed by atoms with E-state index in [9.17, 15) is 14.9 Å². The second-order valence-corrected chi connectivity index (χ2v) is 3.35. The predicted molar refractivity (Wildman–Crippen MR) is 63.1 cm³/mol. The van der Waals surface area contributed by atoms with Gasteiger partial charge >= 0.3 is 0 Å². The highest BCUT2D eigenvalue weighted by Crippen LogP contribution is 2.15. The number of nitro groups is 1. The van der Waals surface area contributed by atoms with Gasteiger partial charge in [0.15, 0.2) is 5.11 Å². The number of rotatable bonds is 2. The largest absolute Gasteiger partial charge is 0.332 e. The minimum atomic E-state index is -0.490. The molecule has 0 unspecified atom stereocenters. The molecule has 0 radical (unpaired) electrons. The molecule has 6 nitrogen and oxygen atoms in total. The molecule has 0 bridgehead atoms. The fourth-order valence-electron chi connectivity index (χ4n) is 0.989. The first-order valence-corrected chi connectivity index (χ1v) is 4.73. The van der Waals surface area contributed by atoms with Gasteiger partial charge in [-0.25, -0.2) is 0 Å². The molecule has 16 heavy (non-hydrogen) atoms. The first kappa shape index (κ1) is 12.1. The van der Waals surface area contributed by atoms with Crippen molar-refractivity contribution in [3.63, 3.8) is 0 Å². The van der Waals surface area contributed by atoms with Crippen LogP contribution in [0.3, 0.4) is 0 Å². The minimum Gasteiger partial charge on any atom is -0.332 e. The van der Waals surface area contributed by atoms with Gasteiger partial charge in [0.05, 0.1) is 4.92 Å². The summed E-state index contributed by atoms with van der Waals surface area (Å²) in [6.07, 6.45) is 0. The van der Waals surface area contributed by atoms with Crippen molar-refractivity contribution in [2.24, 2.45) is 0 Å². The van der Waals surface area contributed by atoms with E-state index in [0.717, 1.165) is 0 Å². The first-order chi connectivity index (χ1) is 7.49. The summed E-state index contributed by atoms with van der Waals surface area (Å²) in [5, 5.41) is 15.6. The van der Waals surface area contributed by atoms with E-state index < -0.39 is 4.92 Å². The van der Waals surface area contributed by atoms with Crippen LogP contribution < -0.4 is 10.6 Å². The number of thiocarbonyl (C=S) groups is 1. The average molecular weight is 239 g/mol. The third-order valence-electron chi connectivity index (χ3n) is 1.63. The number of carbonyl (C=O) groups excluding carboxylic acids is 1. The van der Waals surface area contributed by atoms with Crippen molar-refractivity contribution in [3.05, 3.63) is 34.4 Å². The number of nitro benzene ring substituents is 1. The summed E-state index contributed by atoms with van der Waals surface area (Å²) in [7, 11) is 0. The highest BCUT2D eigenvalue weighted by molar-refractivity contribution is 7.80. The van der Waals surface area contributed by atoms with E-state index in [1.165, 1.54) is 31.2 Å². The molecule has 0 spiro atoms. The van der Waals surface area contributed by atoms with Gasteiger partial charge in [-0.1, -0.05) is 0 Å². The molecule has 0 aliphatic heterocycles. The third-order valence-corrected chi connectivity index (χ3v) is 1.83. The summed E-state index contributed by atoms with van der Waals surface area (Å²) in [5.74, 6) is -0.278. The number of amides is 1. The summed E-state index contributed by atoms with van der Waals surface area (Å²) in [5.41, 5.74) is 0.570. The number of nitrogens with one attached hydrogen (secondary N) is 2. The van der Waals surface area contributed by atoms with E-state index in [0.29, 0.717) is 5.69 Å². The van der Waals surface area contributed by atoms with E-state index in [1.54, 1.807) is 0 Å². The molecule has 0 fully saturated rings. The molecule has 0 saturated carbocycles. The van der Waals surface area contributed by atoms with Crippen LogP contribution in [0.15, 0.2) is 24.3 Å². The highest BCUT2D eigenvalue weighted by atomic mass is 32.1. The summed E-state index contributed by atoms with van der Waals surface area (Å²) in [6.45, 7) is 1.34. The summed E-state index contributed by atoms with van der Waals surface area (Å²) in [4.78, 5) is 20.6. The lowest BCUT2D eigenvalue weighted by Crippen LogP contribution is -2.32. The number of anilines is 1. The fraction of sp³-hybridized carbons (Fsp3) is 0.111. The van der Waals surface area contributed by atoms with Crippen molar-refractivity contribution in [3.8, 4) is 0 Å². The topological polar surface area (TPSA) is 84.3 Å². The van der Waals surface area contributed by atoms with Gasteiger partial charge in [-0.3, -0.25) is 14.9 Å². The molecule has 84 valence electrons. The van der Waals surface area contributed by atoms with E-state index in [4.69, 9.17) is 12.2 Å². The zero-order valence-electron chi connectivity index (χ0n) is 8.39. The van der Waals surface area contributed by atoms with E-state index in [2.05, 4.69) is 10.6 Å². The van der Waals surface area contributed by atoms with Crippen LogP contribution in [0.2, 0.25) is 0 Å². The summed E-state index contributed by atoms with van der Waals surface area (Å²) < 4.78 is 0. The smallest absolute Gasteiger partial charge is 0.269 e. The van der Waals surface area contributed by atoms with Crippen molar-refractivity contribution in [2.45, 2.75) is 6.92 Å². The Morgan fingerprint density at radius 1 is 1.38 bits per heavy atom. The van der Waals surface area contributed by atoms with E-state index >= 15 is 0 Å². The van der Waals surface area contributed by atoms with Gasteiger partial charge in [0.1, 0.15) is 0 Å². The van der Waals surface area contributed by atoms with Gasteiger partial charge in [-0.15, -0.1) is 0 Å². The maximum absolute atomic E-state index is 10.7. The van der Waals surface area contributed by atoms with Crippen molar-refractivity contribution >= 4 is 34.6 Å². The van der Waals surface area contributed by atoms with Crippen LogP contribution >= 0.6 is 12.2 Å². The molecule has 2 N–H and O–H groups in total. The van der Waals surface area contributed by atoms with Gasteiger partial charge in [-0.05, 0) is 24.4 Å². The number of hydrogen-bond acceptors (Lipinski definition) is 4. The van der Waals surface area contributed by atoms with Crippen molar-refractivity contribution in [1.29, 1.82) is 0 Å². The Morgan fingerprint density at radius 3 is 2.38 bits per heavy atom. The Balaban J connectivity index is 2.65. The molecule has 0 atom stereocenters. The SMILES string of the molecule is CC(=O)NC(=S)Nc1ccc([N+](=O)[O-])cc1. The van der Waals surface area contributed by atoms with E-state index in [1.807, 2.05) is 0 Å². The second kappa shape index (κ2) is 5.17. The quantitative estimate of drug-likeness (QED) is 0.463. The molecule has 1 rings (SSSR count). The fourth-order valence-corrected chi connectivity index (χ4v) is 1.25. The van der Waals surface area contributed by atoms with Gasteiger partial charge in [-0.2, -0.15) is 0 Å². The number of nitrogens with zero attached hydrogens (tertiary/aromatic N) is 1. The van der Waals surface area contributed by atoms with Gasteiger partial charge in [0.25, 0.3) is 5.69 Å². The lowest BCUT2D eigenvalue weighted by Gasteiger charge is -2.07. The lowest BCUT2D eigenvalue weighted by atomic mass is 10.3. The van der Waals surface area contributed by atoms with Crippen molar-refractivity contribution in [2.75, 3.05) is 5.32 Å². The predicted octanol–water partition coefficient (Wildman–Crippen LogP) is 1.43. The Morgan fingerprint density at radius 2 is 1.94 bits per heavy atom. The lowest BCUT2D eigenvalue weighted by molar-refractivity contribution is -0.384. The Bertz CT molecular complexity index is 430. The number of benzene rings is 1. The summed E-state index contributed by atoms with van der Waals surface area (Å²) >= 11 is 4.82. The van der Waals surface area contributed by atoms with Gasteiger partial charge in [0, 0.05) is 24.7 Å². The molecule has 0 heterocycles. The van der Waals surface area contributed by atoms with E-state index in [-0.39, 0.29) is 16.7 Å². The Hall–Kier alpha value is -2.02. The third kappa shape index (κ3) is 3.62. The molecule has 0 aromatic heterocycles. The zero-order valence-corrected chi connectivity index (χ0v) is 9.21. The second-order valence-electron chi connectivity index (χ2n) is 2.94. The van der Waals surface area contributed by atoms with Crippen LogP contribution in [0.1, 0.15) is 6.92 Å². The average Bonchev–Trinajstić information content (AvgIpc) is 2.16. The van der Waals surface area contributed by atoms with Crippen LogP contribution in [0, 0.1) is 10.1 Å². The number of non-ortho nitro benzene ring substituents is 1.